The highest BCUT2D eigenvalue weighted by molar-refractivity contribution is 7.15. The summed E-state index contributed by atoms with van der Waals surface area (Å²) >= 11 is 7.34. The van der Waals surface area contributed by atoms with Crippen molar-refractivity contribution in [3.8, 4) is 0 Å². The van der Waals surface area contributed by atoms with Crippen molar-refractivity contribution >= 4 is 34.1 Å². The topological polar surface area (TPSA) is 59.2 Å². The van der Waals surface area contributed by atoms with Crippen LogP contribution in [0.4, 0.5) is 9.93 Å². The number of rotatable bonds is 4. The summed E-state index contributed by atoms with van der Waals surface area (Å²) in [5.41, 5.74) is 6.41. The van der Waals surface area contributed by atoms with E-state index in [9.17, 15) is 4.79 Å². The molecule has 0 aliphatic heterocycles. The minimum absolute atomic E-state index is 0.381. The quantitative estimate of drug-likeness (QED) is 0.927. The molecule has 1 heterocycles. The van der Waals surface area contributed by atoms with E-state index in [1.54, 1.807) is 18.3 Å². The van der Waals surface area contributed by atoms with Gasteiger partial charge in [0.1, 0.15) is 0 Å². The van der Waals surface area contributed by atoms with Crippen LogP contribution in [0.15, 0.2) is 30.5 Å². The molecule has 2 amide bonds. The molecular formula is C14H16ClN3OS. The van der Waals surface area contributed by atoms with E-state index in [1.165, 1.54) is 16.2 Å². The molecule has 6 heteroatoms. The third kappa shape index (κ3) is 3.49. The monoisotopic (exact) mass is 309 g/mol. The lowest BCUT2D eigenvalue weighted by atomic mass is 10.2. The van der Waals surface area contributed by atoms with Crippen LogP contribution in [0.25, 0.3) is 0 Å². The van der Waals surface area contributed by atoms with Crippen LogP contribution in [0, 0.1) is 0 Å². The molecule has 2 rings (SSSR count). The van der Waals surface area contributed by atoms with Crippen molar-refractivity contribution in [2.45, 2.75) is 26.3 Å². The van der Waals surface area contributed by atoms with E-state index in [1.807, 2.05) is 12.1 Å². The van der Waals surface area contributed by atoms with Gasteiger partial charge in [0, 0.05) is 16.1 Å². The molecule has 0 saturated heterocycles. The van der Waals surface area contributed by atoms with Crippen molar-refractivity contribution in [1.82, 2.24) is 4.98 Å². The van der Waals surface area contributed by atoms with Crippen molar-refractivity contribution in [2.75, 3.05) is 4.90 Å². The van der Waals surface area contributed by atoms with E-state index in [2.05, 4.69) is 18.8 Å². The van der Waals surface area contributed by atoms with E-state index in [-0.39, 0.29) is 0 Å². The van der Waals surface area contributed by atoms with Crippen molar-refractivity contribution in [3.63, 3.8) is 0 Å². The third-order valence-corrected chi connectivity index (χ3v) is 4.40. The molecule has 20 heavy (non-hydrogen) atoms. The number of hydrogen-bond acceptors (Lipinski definition) is 3. The number of nitrogens with zero attached hydrogens (tertiary/aromatic N) is 2. The Morgan fingerprint density at radius 3 is 2.55 bits per heavy atom. The van der Waals surface area contributed by atoms with Gasteiger partial charge in [-0.2, -0.15) is 0 Å². The van der Waals surface area contributed by atoms with Crippen LogP contribution in [0.5, 0.6) is 0 Å². The Morgan fingerprint density at radius 2 is 2.05 bits per heavy atom. The average Bonchev–Trinajstić information content (AvgIpc) is 2.87. The largest absolute Gasteiger partial charge is 0.351 e. The molecule has 4 nitrogen and oxygen atoms in total. The first-order valence-electron chi connectivity index (χ1n) is 6.24. The summed E-state index contributed by atoms with van der Waals surface area (Å²) in [7, 11) is 0. The predicted octanol–water partition coefficient (Wildman–Crippen LogP) is 4.01. The molecule has 2 aromatic rings. The molecular weight excluding hydrogens is 294 g/mol. The Morgan fingerprint density at radius 1 is 1.40 bits per heavy atom. The van der Waals surface area contributed by atoms with Crippen molar-refractivity contribution in [2.24, 2.45) is 5.73 Å². The van der Waals surface area contributed by atoms with E-state index < -0.39 is 6.03 Å². The first-order chi connectivity index (χ1) is 9.47. The van der Waals surface area contributed by atoms with Gasteiger partial charge in [-0.05, 0) is 23.6 Å². The highest BCUT2D eigenvalue weighted by Crippen LogP contribution is 2.29. The van der Waals surface area contributed by atoms with Gasteiger partial charge in [-0.3, -0.25) is 4.90 Å². The van der Waals surface area contributed by atoms with Crippen LogP contribution in [-0.2, 0) is 6.54 Å². The molecule has 0 spiro atoms. The van der Waals surface area contributed by atoms with Gasteiger partial charge in [0.25, 0.3) is 0 Å². The molecule has 0 aliphatic carbocycles. The van der Waals surface area contributed by atoms with Gasteiger partial charge in [0.2, 0.25) is 0 Å². The van der Waals surface area contributed by atoms with Gasteiger partial charge in [0.15, 0.2) is 5.13 Å². The summed E-state index contributed by atoms with van der Waals surface area (Å²) in [6.45, 7) is 4.56. The SMILES string of the molecule is CC(C)c1cnc(N(Cc2ccc(Cl)cc2)C(N)=O)s1. The van der Waals surface area contributed by atoms with Gasteiger partial charge in [-0.1, -0.05) is 37.6 Å². The summed E-state index contributed by atoms with van der Waals surface area (Å²) in [6, 6.07) is 6.81. The van der Waals surface area contributed by atoms with Crippen LogP contribution in [0.2, 0.25) is 5.02 Å². The number of halogens is 1. The standard InChI is InChI=1S/C14H16ClN3OS/c1-9(2)12-7-17-14(20-12)18(13(16)19)8-10-3-5-11(15)6-4-10/h3-7,9H,8H2,1-2H3,(H2,16,19). The lowest BCUT2D eigenvalue weighted by Crippen LogP contribution is -2.35. The van der Waals surface area contributed by atoms with Gasteiger partial charge in [0.05, 0.1) is 6.54 Å². The van der Waals surface area contributed by atoms with Crippen molar-refractivity contribution in [1.29, 1.82) is 0 Å². The Hall–Kier alpha value is -1.59. The zero-order valence-corrected chi connectivity index (χ0v) is 12.9. The molecule has 0 atom stereocenters. The maximum Gasteiger partial charge on any atom is 0.321 e. The molecule has 106 valence electrons. The molecule has 0 fully saturated rings. The first kappa shape index (κ1) is 14.8. The number of primary amides is 1. The lowest BCUT2D eigenvalue weighted by Gasteiger charge is -2.17. The zero-order valence-electron chi connectivity index (χ0n) is 11.3. The Balaban J connectivity index is 2.22. The second-order valence-corrected chi connectivity index (χ2v) is 6.23. The van der Waals surface area contributed by atoms with E-state index in [4.69, 9.17) is 17.3 Å². The van der Waals surface area contributed by atoms with Crippen LogP contribution < -0.4 is 10.6 Å². The molecule has 0 radical (unpaired) electrons. The summed E-state index contributed by atoms with van der Waals surface area (Å²) in [6.07, 6.45) is 1.79. The number of carbonyl (C=O) groups is 1. The maximum atomic E-state index is 11.6. The number of amides is 2. The van der Waals surface area contributed by atoms with Crippen molar-refractivity contribution < 1.29 is 4.79 Å². The third-order valence-electron chi connectivity index (χ3n) is 2.83. The van der Waals surface area contributed by atoms with Crippen LogP contribution in [0.1, 0.15) is 30.2 Å². The van der Waals surface area contributed by atoms with Gasteiger partial charge >= 0.3 is 6.03 Å². The fourth-order valence-electron chi connectivity index (χ4n) is 1.68. The normalized spacial score (nSPS) is 10.8. The summed E-state index contributed by atoms with van der Waals surface area (Å²) in [4.78, 5) is 18.5. The first-order valence-corrected chi connectivity index (χ1v) is 7.44. The number of benzene rings is 1. The van der Waals surface area contributed by atoms with E-state index in [0.29, 0.717) is 22.6 Å². The zero-order chi connectivity index (χ0) is 14.7. The van der Waals surface area contributed by atoms with Gasteiger partial charge in [-0.15, -0.1) is 11.3 Å². The minimum Gasteiger partial charge on any atom is -0.351 e. The highest BCUT2D eigenvalue weighted by Gasteiger charge is 2.17. The lowest BCUT2D eigenvalue weighted by molar-refractivity contribution is 0.253. The van der Waals surface area contributed by atoms with E-state index >= 15 is 0 Å². The highest BCUT2D eigenvalue weighted by atomic mass is 35.5. The Bertz CT molecular complexity index is 595. The van der Waals surface area contributed by atoms with Gasteiger partial charge < -0.3 is 5.73 Å². The number of carbonyl (C=O) groups excluding carboxylic acids is 1. The Kier molecular flexibility index (Phi) is 4.62. The fraction of sp³-hybridized carbons (Fsp3) is 0.286. The molecule has 1 aromatic heterocycles. The molecule has 0 unspecified atom stereocenters. The number of anilines is 1. The summed E-state index contributed by atoms with van der Waals surface area (Å²) in [5.74, 6) is 0.381. The molecule has 0 bridgehead atoms. The fourth-order valence-corrected chi connectivity index (χ4v) is 2.73. The minimum atomic E-state index is -0.510. The molecule has 0 aliphatic rings. The van der Waals surface area contributed by atoms with E-state index in [0.717, 1.165) is 10.4 Å². The summed E-state index contributed by atoms with van der Waals surface area (Å²) in [5, 5.41) is 1.28. The van der Waals surface area contributed by atoms with Crippen LogP contribution >= 0.6 is 22.9 Å². The predicted molar refractivity (Wildman–Crippen MR) is 83.4 cm³/mol. The second-order valence-electron chi connectivity index (χ2n) is 4.75. The summed E-state index contributed by atoms with van der Waals surface area (Å²) < 4.78 is 0. The van der Waals surface area contributed by atoms with Gasteiger partial charge in [-0.25, -0.2) is 9.78 Å². The maximum absolute atomic E-state index is 11.6. The van der Waals surface area contributed by atoms with Crippen LogP contribution in [0.3, 0.4) is 0 Å². The van der Waals surface area contributed by atoms with Crippen molar-refractivity contribution in [3.05, 3.63) is 45.9 Å². The smallest absolute Gasteiger partial charge is 0.321 e. The van der Waals surface area contributed by atoms with Crippen LogP contribution in [-0.4, -0.2) is 11.0 Å². The number of urea groups is 1. The number of hydrogen-bond donors (Lipinski definition) is 1. The number of thiazole rings is 1. The molecule has 2 N–H and O–H groups in total. The second kappa shape index (κ2) is 6.24. The number of aromatic nitrogens is 1. The molecule has 0 saturated carbocycles. The number of nitrogens with two attached hydrogens (primary N) is 1. The molecule has 1 aromatic carbocycles. The Labute approximate surface area is 127 Å². The average molecular weight is 310 g/mol.